The lowest BCUT2D eigenvalue weighted by atomic mass is 9.90. The molecule has 5 nitrogen and oxygen atoms in total. The molecular formula is C16H23N3O2. The lowest BCUT2D eigenvalue weighted by Crippen LogP contribution is -2.60. The van der Waals surface area contributed by atoms with Crippen molar-refractivity contribution in [3.05, 3.63) is 30.1 Å². The van der Waals surface area contributed by atoms with Crippen molar-refractivity contribution in [2.24, 2.45) is 0 Å². The minimum atomic E-state index is -0.184. The molecule has 1 amide bonds. The summed E-state index contributed by atoms with van der Waals surface area (Å²) in [6.45, 7) is 6.63. The molecular weight excluding hydrogens is 266 g/mol. The van der Waals surface area contributed by atoms with Crippen LogP contribution in [-0.4, -0.2) is 59.1 Å². The van der Waals surface area contributed by atoms with E-state index in [4.69, 9.17) is 4.74 Å². The maximum absolute atomic E-state index is 11.6. The van der Waals surface area contributed by atoms with Gasteiger partial charge in [0.1, 0.15) is 0 Å². The second-order valence-corrected chi connectivity index (χ2v) is 6.11. The maximum atomic E-state index is 11.6. The number of aromatic nitrogens is 1. The molecule has 2 aliphatic heterocycles. The summed E-state index contributed by atoms with van der Waals surface area (Å²) in [5.74, 6) is 0.152. The first-order valence-corrected chi connectivity index (χ1v) is 7.69. The van der Waals surface area contributed by atoms with Gasteiger partial charge in [0.05, 0.1) is 24.4 Å². The molecule has 3 heterocycles. The predicted molar refractivity (Wildman–Crippen MR) is 79.7 cm³/mol. The van der Waals surface area contributed by atoms with Crippen molar-refractivity contribution in [3.63, 3.8) is 0 Å². The van der Waals surface area contributed by atoms with E-state index in [1.165, 1.54) is 0 Å². The van der Waals surface area contributed by atoms with E-state index < -0.39 is 0 Å². The molecule has 3 rings (SSSR count). The first kappa shape index (κ1) is 14.5. The number of morpholine rings is 1. The summed E-state index contributed by atoms with van der Waals surface area (Å²) < 4.78 is 6.10. The molecule has 1 aromatic heterocycles. The van der Waals surface area contributed by atoms with E-state index in [2.05, 4.69) is 16.0 Å². The average Bonchev–Trinajstić information content (AvgIpc) is 2.48. The molecule has 0 bridgehead atoms. The summed E-state index contributed by atoms with van der Waals surface area (Å²) in [6.07, 6.45) is 3.90. The molecule has 5 heteroatoms. The van der Waals surface area contributed by atoms with Crippen molar-refractivity contribution in [1.82, 2.24) is 14.8 Å². The van der Waals surface area contributed by atoms with Crippen LogP contribution >= 0.6 is 0 Å². The Morgan fingerprint density at radius 1 is 1.38 bits per heavy atom. The van der Waals surface area contributed by atoms with Crippen molar-refractivity contribution in [2.75, 3.05) is 32.8 Å². The third kappa shape index (κ3) is 3.41. The molecule has 0 aromatic carbocycles. The molecule has 2 saturated heterocycles. The van der Waals surface area contributed by atoms with Gasteiger partial charge >= 0.3 is 0 Å². The molecule has 0 N–H and O–H groups in total. The maximum Gasteiger partial charge on any atom is 0.219 e. The molecule has 2 fully saturated rings. The average molecular weight is 289 g/mol. The molecule has 0 unspecified atom stereocenters. The molecule has 0 radical (unpaired) electrons. The zero-order valence-electron chi connectivity index (χ0n) is 12.6. The molecule has 114 valence electrons. The number of rotatable bonds is 2. The van der Waals surface area contributed by atoms with Crippen LogP contribution in [0.25, 0.3) is 0 Å². The van der Waals surface area contributed by atoms with Gasteiger partial charge < -0.3 is 9.64 Å². The number of pyridine rings is 1. The number of amides is 1. The van der Waals surface area contributed by atoms with Crippen LogP contribution in [0.5, 0.6) is 0 Å². The van der Waals surface area contributed by atoms with Crippen molar-refractivity contribution in [1.29, 1.82) is 0 Å². The SMILES string of the molecule is CC(=O)N1CCC[C@]2(CN(Cc3ccccn3)CCO2)C1. The summed E-state index contributed by atoms with van der Waals surface area (Å²) in [5.41, 5.74) is 0.908. The minimum Gasteiger partial charge on any atom is -0.370 e. The highest BCUT2D eigenvalue weighted by Gasteiger charge is 2.41. The van der Waals surface area contributed by atoms with E-state index in [0.29, 0.717) is 0 Å². The van der Waals surface area contributed by atoms with Crippen molar-refractivity contribution >= 4 is 5.91 Å². The molecule has 1 aromatic rings. The lowest BCUT2D eigenvalue weighted by Gasteiger charge is -2.47. The number of nitrogens with zero attached hydrogens (tertiary/aromatic N) is 3. The third-order valence-corrected chi connectivity index (χ3v) is 4.42. The van der Waals surface area contributed by atoms with Crippen LogP contribution < -0.4 is 0 Å². The zero-order chi connectivity index (χ0) is 14.7. The highest BCUT2D eigenvalue weighted by Crippen LogP contribution is 2.29. The molecule has 2 aliphatic rings. The summed E-state index contributed by atoms with van der Waals surface area (Å²) in [4.78, 5) is 20.4. The van der Waals surface area contributed by atoms with Gasteiger partial charge in [-0.2, -0.15) is 0 Å². The van der Waals surface area contributed by atoms with Gasteiger partial charge in [-0.05, 0) is 25.0 Å². The Morgan fingerprint density at radius 3 is 3.05 bits per heavy atom. The topological polar surface area (TPSA) is 45.7 Å². The van der Waals surface area contributed by atoms with Crippen LogP contribution in [0.2, 0.25) is 0 Å². The fourth-order valence-corrected chi connectivity index (χ4v) is 3.39. The number of hydrogen-bond donors (Lipinski definition) is 0. The van der Waals surface area contributed by atoms with Gasteiger partial charge in [0.2, 0.25) is 5.91 Å². The number of likely N-dealkylation sites (tertiary alicyclic amines) is 1. The van der Waals surface area contributed by atoms with Crippen LogP contribution in [-0.2, 0) is 16.1 Å². The quantitative estimate of drug-likeness (QED) is 0.823. The third-order valence-electron chi connectivity index (χ3n) is 4.42. The molecule has 1 spiro atoms. The number of carbonyl (C=O) groups is 1. The Labute approximate surface area is 125 Å². The smallest absolute Gasteiger partial charge is 0.219 e. The van der Waals surface area contributed by atoms with E-state index in [9.17, 15) is 4.79 Å². The summed E-state index contributed by atoms with van der Waals surface area (Å²) in [6, 6.07) is 6.03. The van der Waals surface area contributed by atoms with Gasteiger partial charge in [0.25, 0.3) is 0 Å². The van der Waals surface area contributed by atoms with Crippen LogP contribution in [0, 0.1) is 0 Å². The molecule has 21 heavy (non-hydrogen) atoms. The molecule has 1 atom stereocenters. The minimum absolute atomic E-state index is 0.152. The first-order chi connectivity index (χ1) is 10.2. The van der Waals surface area contributed by atoms with Gasteiger partial charge in [0, 0.05) is 39.3 Å². The molecule has 0 saturated carbocycles. The Bertz CT molecular complexity index is 490. The van der Waals surface area contributed by atoms with E-state index >= 15 is 0 Å². The largest absolute Gasteiger partial charge is 0.370 e. The summed E-state index contributed by atoms with van der Waals surface area (Å²) in [5, 5.41) is 0. The van der Waals surface area contributed by atoms with E-state index in [-0.39, 0.29) is 11.5 Å². The van der Waals surface area contributed by atoms with Crippen molar-refractivity contribution < 1.29 is 9.53 Å². The normalized spacial score (nSPS) is 27.0. The highest BCUT2D eigenvalue weighted by atomic mass is 16.5. The van der Waals surface area contributed by atoms with Gasteiger partial charge in [-0.25, -0.2) is 0 Å². The van der Waals surface area contributed by atoms with Gasteiger partial charge in [-0.3, -0.25) is 14.7 Å². The van der Waals surface area contributed by atoms with Crippen molar-refractivity contribution in [2.45, 2.75) is 31.9 Å². The number of ether oxygens (including phenoxy) is 1. The monoisotopic (exact) mass is 289 g/mol. The van der Waals surface area contributed by atoms with Gasteiger partial charge in [-0.15, -0.1) is 0 Å². The van der Waals surface area contributed by atoms with E-state index in [0.717, 1.165) is 57.9 Å². The lowest BCUT2D eigenvalue weighted by molar-refractivity contribution is -0.156. The fraction of sp³-hybridized carbons (Fsp3) is 0.625. The summed E-state index contributed by atoms with van der Waals surface area (Å²) >= 11 is 0. The zero-order valence-corrected chi connectivity index (χ0v) is 12.6. The second-order valence-electron chi connectivity index (χ2n) is 6.11. The second kappa shape index (κ2) is 6.12. The fourth-order valence-electron chi connectivity index (χ4n) is 3.39. The van der Waals surface area contributed by atoms with Crippen LogP contribution in [0.4, 0.5) is 0 Å². The Morgan fingerprint density at radius 2 is 2.29 bits per heavy atom. The Kier molecular flexibility index (Phi) is 4.22. The first-order valence-electron chi connectivity index (χ1n) is 7.69. The predicted octanol–water partition coefficient (Wildman–Crippen LogP) is 1.29. The van der Waals surface area contributed by atoms with Crippen LogP contribution in [0.1, 0.15) is 25.5 Å². The van der Waals surface area contributed by atoms with E-state index in [1.807, 2.05) is 23.2 Å². The van der Waals surface area contributed by atoms with Crippen molar-refractivity contribution in [3.8, 4) is 0 Å². The standard InChI is InChI=1S/C16H23N3O2/c1-14(20)19-8-4-6-16(13-19)12-18(9-10-21-16)11-15-5-2-3-7-17-15/h2-3,5,7H,4,6,8-13H2,1H3/t16-/m0/s1. The summed E-state index contributed by atoms with van der Waals surface area (Å²) in [7, 11) is 0. The van der Waals surface area contributed by atoms with Gasteiger partial charge in [0.15, 0.2) is 0 Å². The van der Waals surface area contributed by atoms with Crippen LogP contribution in [0.15, 0.2) is 24.4 Å². The number of piperidine rings is 1. The number of hydrogen-bond acceptors (Lipinski definition) is 4. The number of carbonyl (C=O) groups excluding carboxylic acids is 1. The Hall–Kier alpha value is -1.46. The highest BCUT2D eigenvalue weighted by molar-refractivity contribution is 5.73. The Balaban J connectivity index is 1.66. The van der Waals surface area contributed by atoms with Gasteiger partial charge in [-0.1, -0.05) is 6.07 Å². The molecule has 0 aliphatic carbocycles. The van der Waals surface area contributed by atoms with E-state index in [1.54, 1.807) is 6.92 Å². The van der Waals surface area contributed by atoms with Crippen LogP contribution in [0.3, 0.4) is 0 Å².